The topological polar surface area (TPSA) is 74.2 Å². The van der Waals surface area contributed by atoms with E-state index in [4.69, 9.17) is 27.2 Å². The van der Waals surface area contributed by atoms with E-state index in [0.717, 1.165) is 16.9 Å². The maximum absolute atomic E-state index is 5.64. The monoisotopic (exact) mass is 273 g/mol. The molecule has 0 unspecified atom stereocenters. The van der Waals surface area contributed by atoms with E-state index >= 15 is 0 Å². The molecule has 0 atom stereocenters. The lowest BCUT2D eigenvalue weighted by Crippen LogP contribution is -2.11. The van der Waals surface area contributed by atoms with Crippen LogP contribution < -0.4 is 10.5 Å². The van der Waals surface area contributed by atoms with Gasteiger partial charge in [0.1, 0.15) is 12.4 Å². The highest BCUT2D eigenvalue weighted by atomic mass is 32.1. The molecule has 1 aromatic carbocycles. The molecule has 2 N–H and O–H groups in total. The standard InChI is InChI=1S/C13H11N3O2S/c14-11(19)6-12-15-13(16-18-12)9-5-8-3-1-2-4-10(8)17-7-9/h1-5H,6-7H2,(H2,14,19). The Morgan fingerprint density at radius 1 is 1.37 bits per heavy atom. The Labute approximate surface area is 115 Å². The highest BCUT2D eigenvalue weighted by Crippen LogP contribution is 2.28. The van der Waals surface area contributed by atoms with Crippen LogP contribution in [0.3, 0.4) is 0 Å². The van der Waals surface area contributed by atoms with E-state index in [9.17, 15) is 0 Å². The Balaban J connectivity index is 1.89. The van der Waals surface area contributed by atoms with Crippen molar-refractivity contribution >= 4 is 28.9 Å². The molecule has 0 bridgehead atoms. The van der Waals surface area contributed by atoms with Gasteiger partial charge in [-0.2, -0.15) is 4.98 Å². The van der Waals surface area contributed by atoms with E-state index in [-0.39, 0.29) is 0 Å². The van der Waals surface area contributed by atoms with Gasteiger partial charge in [0.2, 0.25) is 11.7 Å². The van der Waals surface area contributed by atoms with Gasteiger partial charge in [0, 0.05) is 11.1 Å². The summed E-state index contributed by atoms with van der Waals surface area (Å²) in [5.41, 5.74) is 7.32. The van der Waals surface area contributed by atoms with Crippen molar-refractivity contribution in [3.8, 4) is 5.75 Å². The number of ether oxygens (including phenoxy) is 1. The van der Waals surface area contributed by atoms with Crippen LogP contribution in [-0.4, -0.2) is 21.7 Å². The molecular weight excluding hydrogens is 262 g/mol. The van der Waals surface area contributed by atoms with E-state index in [1.807, 2.05) is 30.3 Å². The summed E-state index contributed by atoms with van der Waals surface area (Å²) in [6.45, 7) is 0.420. The summed E-state index contributed by atoms with van der Waals surface area (Å²) in [6, 6.07) is 7.80. The molecule has 5 nitrogen and oxygen atoms in total. The summed E-state index contributed by atoms with van der Waals surface area (Å²) in [5.74, 6) is 1.79. The SMILES string of the molecule is NC(=S)Cc1nc(C2=Cc3ccccc3OC2)no1. The number of nitrogens with zero attached hydrogens (tertiary/aromatic N) is 2. The lowest BCUT2D eigenvalue weighted by Gasteiger charge is -2.15. The molecule has 3 rings (SSSR count). The summed E-state index contributed by atoms with van der Waals surface area (Å²) in [4.78, 5) is 4.58. The largest absolute Gasteiger partial charge is 0.488 e. The van der Waals surface area contributed by atoms with Crippen molar-refractivity contribution in [3.05, 3.63) is 41.5 Å². The summed E-state index contributed by atoms with van der Waals surface area (Å²) < 4.78 is 10.7. The smallest absolute Gasteiger partial charge is 0.233 e. The van der Waals surface area contributed by atoms with Crippen LogP contribution in [0.4, 0.5) is 0 Å². The summed E-state index contributed by atoms with van der Waals surface area (Å²) >= 11 is 4.81. The molecule has 0 aliphatic carbocycles. The van der Waals surface area contributed by atoms with Gasteiger partial charge in [-0.3, -0.25) is 0 Å². The molecule has 0 fully saturated rings. The Morgan fingerprint density at radius 2 is 2.21 bits per heavy atom. The minimum atomic E-state index is 0.313. The Hall–Kier alpha value is -2.21. The second-order valence-electron chi connectivity index (χ2n) is 4.15. The van der Waals surface area contributed by atoms with Gasteiger partial charge >= 0.3 is 0 Å². The number of para-hydroxylation sites is 1. The van der Waals surface area contributed by atoms with Crippen LogP contribution in [0.5, 0.6) is 5.75 Å². The van der Waals surface area contributed by atoms with Crippen LogP contribution in [0, 0.1) is 0 Å². The van der Waals surface area contributed by atoms with Crippen LogP contribution in [0.1, 0.15) is 17.3 Å². The van der Waals surface area contributed by atoms with E-state index < -0.39 is 0 Å². The van der Waals surface area contributed by atoms with Crippen LogP contribution in [0.15, 0.2) is 28.8 Å². The third-order valence-electron chi connectivity index (χ3n) is 2.71. The first kappa shape index (κ1) is 11.9. The van der Waals surface area contributed by atoms with Gasteiger partial charge in [-0.15, -0.1) is 0 Å². The predicted octanol–water partition coefficient (Wildman–Crippen LogP) is 1.83. The van der Waals surface area contributed by atoms with Gasteiger partial charge in [0.25, 0.3) is 0 Å². The molecule has 0 amide bonds. The lowest BCUT2D eigenvalue weighted by molar-refractivity contribution is 0.361. The zero-order chi connectivity index (χ0) is 13.2. The first-order valence-corrected chi connectivity index (χ1v) is 6.17. The molecule has 0 saturated carbocycles. The quantitative estimate of drug-likeness (QED) is 0.860. The van der Waals surface area contributed by atoms with Crippen molar-refractivity contribution in [1.82, 2.24) is 10.1 Å². The molecule has 96 valence electrons. The lowest BCUT2D eigenvalue weighted by atomic mass is 10.1. The van der Waals surface area contributed by atoms with Crippen molar-refractivity contribution in [3.63, 3.8) is 0 Å². The number of nitrogens with two attached hydrogens (primary N) is 1. The average Bonchev–Trinajstić information content (AvgIpc) is 2.86. The van der Waals surface area contributed by atoms with Crippen LogP contribution in [-0.2, 0) is 6.42 Å². The minimum Gasteiger partial charge on any atom is -0.488 e. The summed E-state index contributed by atoms with van der Waals surface area (Å²) in [7, 11) is 0. The molecule has 1 aliphatic heterocycles. The maximum Gasteiger partial charge on any atom is 0.233 e. The zero-order valence-electron chi connectivity index (χ0n) is 10.00. The molecular formula is C13H11N3O2S. The number of fused-ring (bicyclic) bond motifs is 1. The molecule has 19 heavy (non-hydrogen) atoms. The number of thiocarbonyl (C=S) groups is 1. The number of hydrogen-bond acceptors (Lipinski definition) is 5. The number of hydrogen-bond donors (Lipinski definition) is 1. The van der Waals surface area contributed by atoms with Crippen molar-refractivity contribution in [1.29, 1.82) is 0 Å². The summed E-state index contributed by atoms with van der Waals surface area (Å²) in [5, 5.41) is 3.92. The van der Waals surface area contributed by atoms with Crippen molar-refractivity contribution < 1.29 is 9.26 Å². The first-order chi connectivity index (χ1) is 9.22. The van der Waals surface area contributed by atoms with Gasteiger partial charge in [0.15, 0.2) is 0 Å². The Bertz CT molecular complexity index is 663. The van der Waals surface area contributed by atoms with Crippen molar-refractivity contribution in [2.24, 2.45) is 5.73 Å². The molecule has 6 heteroatoms. The fourth-order valence-electron chi connectivity index (χ4n) is 1.85. The van der Waals surface area contributed by atoms with Gasteiger partial charge in [0.05, 0.1) is 11.4 Å². The number of aromatic nitrogens is 2. The number of benzene rings is 1. The predicted molar refractivity (Wildman–Crippen MR) is 74.6 cm³/mol. The Kier molecular flexibility index (Phi) is 3.00. The van der Waals surface area contributed by atoms with E-state index in [2.05, 4.69) is 10.1 Å². The van der Waals surface area contributed by atoms with Crippen LogP contribution >= 0.6 is 12.2 Å². The highest BCUT2D eigenvalue weighted by Gasteiger charge is 2.17. The van der Waals surface area contributed by atoms with Crippen molar-refractivity contribution in [2.45, 2.75) is 6.42 Å². The molecule has 0 saturated heterocycles. The van der Waals surface area contributed by atoms with Crippen LogP contribution in [0.25, 0.3) is 11.6 Å². The van der Waals surface area contributed by atoms with Crippen LogP contribution in [0.2, 0.25) is 0 Å². The third-order valence-corrected chi connectivity index (χ3v) is 2.86. The third kappa shape index (κ3) is 2.48. The zero-order valence-corrected chi connectivity index (χ0v) is 10.8. The molecule has 0 radical (unpaired) electrons. The van der Waals surface area contributed by atoms with E-state index in [1.165, 1.54) is 0 Å². The van der Waals surface area contributed by atoms with Gasteiger partial charge < -0.3 is 15.0 Å². The van der Waals surface area contributed by atoms with Gasteiger partial charge in [-0.05, 0) is 12.1 Å². The Morgan fingerprint density at radius 3 is 3.05 bits per heavy atom. The van der Waals surface area contributed by atoms with Gasteiger partial charge in [-0.25, -0.2) is 0 Å². The molecule has 0 spiro atoms. The second kappa shape index (κ2) is 4.81. The summed E-state index contributed by atoms with van der Waals surface area (Å²) in [6.07, 6.45) is 2.31. The fraction of sp³-hybridized carbons (Fsp3) is 0.154. The maximum atomic E-state index is 5.64. The average molecular weight is 273 g/mol. The van der Waals surface area contributed by atoms with E-state index in [1.54, 1.807) is 0 Å². The van der Waals surface area contributed by atoms with Crippen molar-refractivity contribution in [2.75, 3.05) is 6.61 Å². The molecule has 2 aromatic rings. The highest BCUT2D eigenvalue weighted by molar-refractivity contribution is 7.80. The number of rotatable bonds is 3. The fourth-order valence-corrected chi connectivity index (χ4v) is 1.97. The van der Waals surface area contributed by atoms with E-state index in [0.29, 0.717) is 29.7 Å². The molecule has 1 aliphatic rings. The molecule has 2 heterocycles. The normalized spacial score (nSPS) is 13.4. The second-order valence-corrected chi connectivity index (χ2v) is 4.68. The molecule has 1 aromatic heterocycles. The van der Waals surface area contributed by atoms with Gasteiger partial charge in [-0.1, -0.05) is 35.6 Å². The first-order valence-electron chi connectivity index (χ1n) is 5.76. The minimum absolute atomic E-state index is 0.313.